The van der Waals surface area contributed by atoms with Crippen LogP contribution in [-0.2, 0) is 92.8 Å². The maximum Gasteiger partial charge on any atom is 1.00 e. The van der Waals surface area contributed by atoms with E-state index in [4.69, 9.17) is 47.2 Å². The zero-order valence-corrected chi connectivity index (χ0v) is 85.0. The summed E-state index contributed by atoms with van der Waals surface area (Å²) >= 11 is 3.17. The van der Waals surface area contributed by atoms with E-state index >= 15 is 0 Å². The number of carboxylic acids is 1. The van der Waals surface area contributed by atoms with Crippen molar-refractivity contribution in [2.75, 3.05) is 71.3 Å². The molecular weight excluding hydrogens is 1910 g/mol. The molecule has 3 amide bonds. The summed E-state index contributed by atoms with van der Waals surface area (Å²) in [5.74, 6) is -9.70. The number of aryl methyl sites for hydroxylation is 3. The molecule has 0 saturated carbocycles. The van der Waals surface area contributed by atoms with Gasteiger partial charge in [0.2, 0.25) is 0 Å². The molecule has 13 rings (SSSR count). The number of aromatic nitrogens is 3. The maximum absolute atomic E-state index is 14.9. The van der Waals surface area contributed by atoms with Crippen LogP contribution >= 0.6 is 15.9 Å². The zero-order valence-electron chi connectivity index (χ0n) is 83.4. The zero-order chi connectivity index (χ0) is 102. The Hall–Kier alpha value is -12.2. The van der Waals surface area contributed by atoms with Crippen molar-refractivity contribution in [2.24, 2.45) is 21.1 Å². The van der Waals surface area contributed by atoms with Gasteiger partial charge in [0.1, 0.15) is 109 Å². The third-order valence-electron chi connectivity index (χ3n) is 25.4. The maximum atomic E-state index is 14.9. The Bertz CT molecular complexity index is 6200. The average Bonchev–Trinajstić information content (AvgIpc) is 1.39. The van der Waals surface area contributed by atoms with E-state index in [1.54, 1.807) is 83.1 Å². The summed E-state index contributed by atoms with van der Waals surface area (Å²) in [6.45, 7) is 26.1. The van der Waals surface area contributed by atoms with Crippen LogP contribution in [0.25, 0.3) is 22.3 Å². The Morgan fingerprint density at radius 3 is 1.06 bits per heavy atom. The predicted molar refractivity (Wildman–Crippen MR) is 529 cm³/mol. The van der Waals surface area contributed by atoms with Crippen LogP contribution in [0.4, 0.5) is 43.4 Å². The minimum Gasteiger partial charge on any atom is -0.870 e. The van der Waals surface area contributed by atoms with Gasteiger partial charge >= 0.3 is 43.9 Å². The first-order valence-corrected chi connectivity index (χ1v) is 46.3. The van der Waals surface area contributed by atoms with E-state index in [1.165, 1.54) is 37.6 Å². The number of anilines is 3. The third-order valence-corrected chi connectivity index (χ3v) is 26.2. The number of hydrogen-bond acceptors (Lipinski definition) is 23. The van der Waals surface area contributed by atoms with Gasteiger partial charge in [-0.1, -0.05) is 64.6 Å². The molecule has 40 heteroatoms. The van der Waals surface area contributed by atoms with Crippen LogP contribution in [0.5, 0.6) is 34.5 Å². The molecule has 4 aliphatic rings. The first-order chi connectivity index (χ1) is 65.3. The standard InChI is InChI=1S/C32H37F2N3O6.C31H35F2N3O6.C30H39BF2N2O6.C8H10BrNO2.CH4.Li.2H2O/c1-7-17(2)35-20-15-23(33)28(24(34)16-20)30(38)36-25(32(40)42-6)14-19-10-11-22(29-21(19)9-8-12-43-29)27-26(41-5)13-18(3)37(4)31(27)39;1-6-16(2)34-19-14-22(32)27(23(33)15-19)29(37)35-24(31(39)40)13-18-9-10-21(28-20(18)8-7-11-42-28)26-25(41-5)12-17(3)36(4)30(26)38;1-8-17(2)34-19-15-22(32)25(23(33)16-19)27(36)35-24(28(37)38-7)14-18-11-12-21(26-20(18)10-9-13-39-26)31-40-29(3,4)30(5,6)41-31;1-5-4-6(12-3)7(9)8(11)10(5)2;;;;/h10-11,13,15-17,25,35H,7-9,12,14H2,1-6H3,(H,36,38);9-10,12,14-16,24,34H,6-8,11,13H2,1-5H3,(H,35,37)(H,39,40);11-12,15-17,24,34H,8-10,13-14H2,1-7H3,(H,35,36);4H,1-3H3;1H4;;2*1H2/q;;;;;+1;;/p-1/t17-,25-;16-,24-;17-,24-;;;;;/m000...../s1. The monoisotopic (exact) mass is 2040 g/mol. The quantitative estimate of drug-likeness (QED) is 0.0125. The molecule has 766 valence electrons. The van der Waals surface area contributed by atoms with Gasteiger partial charge in [-0.25, -0.2) is 40.7 Å². The van der Waals surface area contributed by atoms with Gasteiger partial charge in [-0.3, -0.25) is 28.8 Å². The van der Waals surface area contributed by atoms with E-state index in [1.807, 2.05) is 94.4 Å². The number of aliphatic carboxylic acids is 1. The molecule has 1 fully saturated rings. The summed E-state index contributed by atoms with van der Waals surface area (Å²) in [4.78, 5) is 115. The summed E-state index contributed by atoms with van der Waals surface area (Å²) < 4.78 is 151. The predicted octanol–water partition coefficient (Wildman–Crippen LogP) is 11.7. The van der Waals surface area contributed by atoms with E-state index in [9.17, 15) is 74.6 Å². The average molecular weight is 2040 g/mol. The first kappa shape index (κ1) is 118. The molecule has 4 aliphatic heterocycles. The number of esters is 2. The first-order valence-electron chi connectivity index (χ1n) is 45.5. The number of amides is 3. The molecule has 6 atom stereocenters. The van der Waals surface area contributed by atoms with Gasteiger partial charge in [-0.2, -0.15) is 0 Å². The van der Waals surface area contributed by atoms with Gasteiger partial charge in [-0.05, 0) is 213 Å². The van der Waals surface area contributed by atoms with E-state index in [0.29, 0.717) is 136 Å². The van der Waals surface area contributed by atoms with Crippen molar-refractivity contribution in [3.05, 3.63) is 229 Å². The molecule has 6 aromatic carbocycles. The van der Waals surface area contributed by atoms with E-state index in [-0.39, 0.29) is 108 Å². The van der Waals surface area contributed by atoms with Gasteiger partial charge in [0, 0.05) is 127 Å². The number of carbonyl (C=O) groups is 6. The van der Waals surface area contributed by atoms with Gasteiger partial charge in [0.25, 0.3) is 34.4 Å². The number of benzene rings is 6. The fourth-order valence-corrected chi connectivity index (χ4v) is 16.6. The number of rotatable bonds is 30. The minimum absolute atomic E-state index is 0. The smallest absolute Gasteiger partial charge is 0.870 e. The third kappa shape index (κ3) is 27.2. The SMILES string of the molecule is C.CC[C@H](C)Nc1cc(F)c(C(=O)N[C@@H](Cc2ccc(-c3c(OC)cc(C)n(C)c3=O)c3c2CCCO3)C(=O)O)c(F)c1.CC[C@H](C)Nc1cc(F)c(C(=O)N[C@@H](Cc2ccc(-c3c(OC)cc(C)n(C)c3=O)c3c2CCCO3)C(=O)OC)c(F)c1.CC[C@H](C)Nc1cc(F)c(C(=O)N[C@@H](Cc2ccc(B3OC(C)(C)C(C)(C)O3)c3c2CCCO3)C(=O)OC)c(F)c1.COc1cc(C)n(C)c(=O)c1Br.O.[Li+].[OH-]. The van der Waals surface area contributed by atoms with Crippen molar-refractivity contribution in [1.82, 2.24) is 29.7 Å². The van der Waals surface area contributed by atoms with E-state index in [2.05, 4.69) is 47.8 Å². The molecule has 31 nitrogen and oxygen atoms in total. The summed E-state index contributed by atoms with van der Waals surface area (Å²) in [7, 11) is 11.3. The molecule has 0 spiro atoms. The van der Waals surface area contributed by atoms with Crippen molar-refractivity contribution >= 4 is 81.2 Å². The second-order valence-electron chi connectivity index (χ2n) is 35.3. The molecule has 9 aromatic rings. The number of hydrogen-bond donors (Lipinski definition) is 7. The number of pyridine rings is 3. The number of carbonyl (C=O) groups excluding carboxylic acids is 5. The Morgan fingerprint density at radius 1 is 0.465 bits per heavy atom. The molecular formula is C102H128BBrF6LiN9O22. The van der Waals surface area contributed by atoms with Crippen LogP contribution in [0.1, 0.15) is 197 Å². The minimum atomic E-state index is -1.49. The molecule has 0 aliphatic carbocycles. The number of halogens is 7. The Kier molecular flexibility index (Phi) is 43.1. The number of ether oxygens (including phenoxy) is 8. The Morgan fingerprint density at radius 2 is 0.754 bits per heavy atom. The fourth-order valence-electron chi connectivity index (χ4n) is 16.1. The number of nitrogens with one attached hydrogen (secondary N) is 6. The van der Waals surface area contributed by atoms with Crippen molar-refractivity contribution in [2.45, 2.75) is 222 Å². The van der Waals surface area contributed by atoms with Crippen LogP contribution < -0.4 is 101 Å². The second kappa shape index (κ2) is 51.6. The van der Waals surface area contributed by atoms with Gasteiger partial charge in [0.05, 0.1) is 77.7 Å². The molecule has 7 heterocycles. The van der Waals surface area contributed by atoms with Gasteiger partial charge in [-0.15, -0.1) is 0 Å². The molecule has 0 unspecified atom stereocenters. The van der Waals surface area contributed by atoms with Crippen LogP contribution in [0.2, 0.25) is 0 Å². The Labute approximate surface area is 842 Å². The molecule has 10 N–H and O–H groups in total. The summed E-state index contributed by atoms with van der Waals surface area (Å²) in [5.41, 5.74) is 5.56. The number of fused-ring (bicyclic) bond motifs is 3. The van der Waals surface area contributed by atoms with Crippen LogP contribution in [0.3, 0.4) is 0 Å². The molecule has 3 aromatic heterocycles. The van der Waals surface area contributed by atoms with Crippen LogP contribution in [0, 0.1) is 55.7 Å². The van der Waals surface area contributed by atoms with Crippen molar-refractivity contribution < 1.29 is 137 Å². The van der Waals surface area contributed by atoms with Crippen molar-refractivity contribution in [1.29, 1.82) is 0 Å². The number of carboxylic acid groups (broad SMARTS) is 1. The molecule has 1 saturated heterocycles. The molecule has 142 heavy (non-hydrogen) atoms. The molecule has 0 radical (unpaired) electrons. The summed E-state index contributed by atoms with van der Waals surface area (Å²) in [6, 6.07) is 18.0. The molecule has 0 bridgehead atoms. The number of nitrogens with zero attached hydrogens (tertiary/aromatic N) is 3. The topological polar surface area (TPSA) is 415 Å². The van der Waals surface area contributed by atoms with Crippen molar-refractivity contribution in [3.8, 4) is 56.8 Å². The van der Waals surface area contributed by atoms with Crippen molar-refractivity contribution in [3.63, 3.8) is 0 Å². The summed E-state index contributed by atoms with van der Waals surface area (Å²) in [5, 5.41) is 26.0. The summed E-state index contributed by atoms with van der Waals surface area (Å²) in [6.07, 6.45) is 5.93. The second-order valence-corrected chi connectivity index (χ2v) is 36.1. The number of methoxy groups -OCH3 is 5. The van der Waals surface area contributed by atoms with E-state index < -0.39 is 124 Å². The van der Waals surface area contributed by atoms with Crippen LogP contribution in [-0.4, -0.2) is 175 Å². The van der Waals surface area contributed by atoms with Gasteiger partial charge in [0.15, 0.2) is 0 Å². The fraction of sp³-hybridized carbons (Fsp3) is 0.441. The normalized spacial score (nSPS) is 14.5. The van der Waals surface area contributed by atoms with E-state index in [0.717, 1.165) is 95.6 Å². The van der Waals surface area contributed by atoms with Crippen LogP contribution in [0.15, 0.2) is 110 Å². The Balaban J connectivity index is 0.000000303. The largest absolute Gasteiger partial charge is 1.00 e. The van der Waals surface area contributed by atoms with Gasteiger partial charge < -0.3 is 109 Å².